The van der Waals surface area contributed by atoms with Crippen molar-refractivity contribution in [1.29, 1.82) is 0 Å². The number of carbonyl (C=O) groups is 1. The highest BCUT2D eigenvalue weighted by atomic mass is 35.5. The van der Waals surface area contributed by atoms with Gasteiger partial charge in [0, 0.05) is 22.3 Å². The minimum Gasteiger partial charge on any atom is -0.338 e. The molecule has 0 bridgehead atoms. The number of halogens is 1. The van der Waals surface area contributed by atoms with E-state index in [1.165, 1.54) is 6.07 Å². The van der Waals surface area contributed by atoms with E-state index in [9.17, 15) is 13.2 Å². The maximum atomic E-state index is 13.1. The number of sulfonamides is 1. The van der Waals surface area contributed by atoms with Crippen LogP contribution in [0.1, 0.15) is 31.0 Å². The number of rotatable bonds is 6. The number of hydrogen-bond acceptors (Lipinski definition) is 5. The molecule has 0 fully saturated rings. The summed E-state index contributed by atoms with van der Waals surface area (Å²) in [5.41, 5.74) is 1.10. The fourth-order valence-corrected chi connectivity index (χ4v) is 4.90. The summed E-state index contributed by atoms with van der Waals surface area (Å²) in [5, 5.41) is 8.39. The van der Waals surface area contributed by atoms with Gasteiger partial charge in [0.2, 0.25) is 5.88 Å². The molecule has 1 aliphatic heterocycles. The van der Waals surface area contributed by atoms with Crippen LogP contribution < -0.4 is 10.0 Å². The van der Waals surface area contributed by atoms with Crippen LogP contribution in [0.3, 0.4) is 0 Å². The molecule has 0 spiro atoms. The molecule has 2 aromatic carbocycles. The molecule has 2 heterocycles. The van der Waals surface area contributed by atoms with Gasteiger partial charge in [0.15, 0.2) is 0 Å². The van der Waals surface area contributed by atoms with Crippen molar-refractivity contribution in [2.45, 2.75) is 37.8 Å². The summed E-state index contributed by atoms with van der Waals surface area (Å²) in [5.74, 6) is 0.0212. The number of urea groups is 1. The molecule has 8 nitrogen and oxygen atoms in total. The summed E-state index contributed by atoms with van der Waals surface area (Å²) in [6.07, 6.45) is 1.88. The van der Waals surface area contributed by atoms with Crippen molar-refractivity contribution in [2.75, 3.05) is 11.3 Å². The summed E-state index contributed by atoms with van der Waals surface area (Å²) in [4.78, 5) is 13.9. The first kappa shape index (κ1) is 20.5. The van der Waals surface area contributed by atoms with E-state index in [0.717, 1.165) is 12.8 Å². The van der Waals surface area contributed by atoms with Gasteiger partial charge in [0.05, 0.1) is 23.5 Å². The summed E-state index contributed by atoms with van der Waals surface area (Å²) >= 11 is 6.20. The maximum absolute atomic E-state index is 13.1. The summed E-state index contributed by atoms with van der Waals surface area (Å²) < 4.78 is 33.9. The van der Waals surface area contributed by atoms with Crippen LogP contribution in [0.2, 0.25) is 5.02 Å². The lowest BCUT2D eigenvalue weighted by Gasteiger charge is -2.16. The Balaban J connectivity index is 1.56. The molecular formula is C20H21ClN4O4S. The van der Waals surface area contributed by atoms with Crippen molar-refractivity contribution in [2.24, 2.45) is 0 Å². The molecule has 0 atom stereocenters. The maximum Gasteiger partial charge on any atom is 0.318 e. The zero-order valence-corrected chi connectivity index (χ0v) is 17.9. The quantitative estimate of drug-likeness (QED) is 0.552. The number of carbonyl (C=O) groups excluding carboxylic acids is 1. The fraction of sp³-hybridized carbons (Fsp3) is 0.300. The fourth-order valence-electron chi connectivity index (χ4n) is 3.42. The zero-order valence-electron chi connectivity index (χ0n) is 16.3. The lowest BCUT2D eigenvalue weighted by atomic mass is 10.1. The number of anilines is 1. The lowest BCUT2D eigenvalue weighted by molar-refractivity contribution is 0.196. The first-order valence-corrected chi connectivity index (χ1v) is 11.5. The van der Waals surface area contributed by atoms with Crippen molar-refractivity contribution >= 4 is 44.3 Å². The average Bonchev–Trinajstić information content (AvgIpc) is 3.30. The van der Waals surface area contributed by atoms with Gasteiger partial charge in [0.25, 0.3) is 10.0 Å². The Morgan fingerprint density at radius 1 is 1.20 bits per heavy atom. The molecule has 158 valence electrons. The number of fused-ring (bicyclic) bond motifs is 2. The number of nitrogens with zero attached hydrogens (tertiary/aromatic N) is 2. The predicted molar refractivity (Wildman–Crippen MR) is 114 cm³/mol. The smallest absolute Gasteiger partial charge is 0.318 e. The van der Waals surface area contributed by atoms with Gasteiger partial charge < -0.3 is 14.7 Å². The second-order valence-electron chi connectivity index (χ2n) is 7.08. The number of unbranched alkanes of at least 4 members (excludes halogenated alkanes) is 1. The van der Waals surface area contributed by atoms with Crippen LogP contribution in [-0.4, -0.2) is 31.1 Å². The van der Waals surface area contributed by atoms with E-state index < -0.39 is 10.0 Å². The first-order chi connectivity index (χ1) is 14.4. The third kappa shape index (κ3) is 3.82. The molecule has 0 saturated carbocycles. The molecule has 0 saturated heterocycles. The lowest BCUT2D eigenvalue weighted by Crippen LogP contribution is -2.37. The van der Waals surface area contributed by atoms with Crippen molar-refractivity contribution in [3.05, 3.63) is 52.7 Å². The van der Waals surface area contributed by atoms with E-state index in [-0.39, 0.29) is 29.9 Å². The van der Waals surface area contributed by atoms with E-state index in [1.54, 1.807) is 35.2 Å². The Morgan fingerprint density at radius 3 is 2.77 bits per heavy atom. The third-order valence-electron chi connectivity index (χ3n) is 5.00. The normalized spacial score (nSPS) is 13.5. The highest BCUT2D eigenvalue weighted by Crippen LogP contribution is 2.33. The van der Waals surface area contributed by atoms with Crippen molar-refractivity contribution in [3.63, 3.8) is 0 Å². The standard InChI is InChI=1S/C20H21ClN4O4S/c1-2-3-10-22-20(26)25-11-15-17(12-25)23-29-19(15)24-30(27,28)18-9-5-6-13-14(18)7-4-8-16(13)21/h4-9,24H,2-3,10-12H2,1H3,(H,22,26). The summed E-state index contributed by atoms with van der Waals surface area (Å²) in [6, 6.07) is 9.79. The van der Waals surface area contributed by atoms with Crippen LogP contribution in [0.4, 0.5) is 10.7 Å². The van der Waals surface area contributed by atoms with Crippen LogP contribution in [0.5, 0.6) is 0 Å². The Labute approximate surface area is 179 Å². The van der Waals surface area contributed by atoms with E-state index in [0.29, 0.717) is 33.6 Å². The minimum absolute atomic E-state index is 0.0212. The average molecular weight is 449 g/mol. The molecule has 2 amide bonds. The Kier molecular flexibility index (Phi) is 5.57. The van der Waals surface area contributed by atoms with E-state index >= 15 is 0 Å². The Hall–Kier alpha value is -2.78. The number of aromatic nitrogens is 1. The van der Waals surface area contributed by atoms with Gasteiger partial charge in [-0.05, 0) is 18.6 Å². The monoisotopic (exact) mass is 448 g/mol. The number of nitrogens with one attached hydrogen (secondary N) is 2. The van der Waals surface area contributed by atoms with Crippen LogP contribution in [0.15, 0.2) is 45.8 Å². The van der Waals surface area contributed by atoms with Crippen LogP contribution in [-0.2, 0) is 23.1 Å². The van der Waals surface area contributed by atoms with Gasteiger partial charge in [-0.2, -0.15) is 0 Å². The Bertz CT molecular complexity index is 1210. The predicted octanol–water partition coefficient (Wildman–Crippen LogP) is 4.11. The number of amides is 2. The molecule has 1 aromatic heterocycles. The number of benzene rings is 2. The summed E-state index contributed by atoms with van der Waals surface area (Å²) in [7, 11) is -3.96. The molecule has 3 aromatic rings. The van der Waals surface area contributed by atoms with Crippen LogP contribution >= 0.6 is 11.6 Å². The molecule has 4 rings (SSSR count). The van der Waals surface area contributed by atoms with Gasteiger partial charge in [-0.3, -0.25) is 0 Å². The van der Waals surface area contributed by atoms with Crippen LogP contribution in [0, 0.1) is 0 Å². The van der Waals surface area contributed by atoms with E-state index in [2.05, 4.69) is 15.2 Å². The Morgan fingerprint density at radius 2 is 1.97 bits per heavy atom. The molecule has 1 aliphatic rings. The van der Waals surface area contributed by atoms with Gasteiger partial charge in [-0.1, -0.05) is 54.4 Å². The molecule has 30 heavy (non-hydrogen) atoms. The van der Waals surface area contributed by atoms with Crippen molar-refractivity contribution in [1.82, 2.24) is 15.4 Å². The molecule has 2 N–H and O–H groups in total. The molecule has 10 heteroatoms. The third-order valence-corrected chi connectivity index (χ3v) is 6.72. The van der Waals surface area contributed by atoms with Gasteiger partial charge in [0.1, 0.15) is 5.69 Å². The van der Waals surface area contributed by atoms with Gasteiger partial charge in [-0.15, -0.1) is 0 Å². The zero-order chi connectivity index (χ0) is 21.3. The summed E-state index contributed by atoms with van der Waals surface area (Å²) in [6.45, 7) is 3.13. The highest BCUT2D eigenvalue weighted by Gasteiger charge is 2.32. The molecule has 0 aliphatic carbocycles. The van der Waals surface area contributed by atoms with E-state index in [1.807, 2.05) is 6.92 Å². The SMILES string of the molecule is CCCCNC(=O)N1Cc2noc(NS(=O)(=O)c3cccc4c(Cl)cccc34)c2C1. The van der Waals surface area contributed by atoms with Gasteiger partial charge >= 0.3 is 6.03 Å². The second-order valence-corrected chi connectivity index (χ2v) is 9.13. The first-order valence-electron chi connectivity index (χ1n) is 9.61. The largest absolute Gasteiger partial charge is 0.338 e. The van der Waals surface area contributed by atoms with Crippen LogP contribution in [0.25, 0.3) is 10.8 Å². The molecule has 0 radical (unpaired) electrons. The molecular weight excluding hydrogens is 428 g/mol. The minimum atomic E-state index is -3.96. The molecule has 0 unspecified atom stereocenters. The topological polar surface area (TPSA) is 105 Å². The van der Waals surface area contributed by atoms with E-state index in [4.69, 9.17) is 16.1 Å². The van der Waals surface area contributed by atoms with Gasteiger partial charge in [-0.25, -0.2) is 17.9 Å². The van der Waals surface area contributed by atoms with Crippen molar-refractivity contribution < 1.29 is 17.7 Å². The second kappa shape index (κ2) is 8.16. The van der Waals surface area contributed by atoms with Crippen molar-refractivity contribution in [3.8, 4) is 0 Å². The highest BCUT2D eigenvalue weighted by molar-refractivity contribution is 7.93. The number of hydrogen-bond donors (Lipinski definition) is 2.